The highest BCUT2D eigenvalue weighted by Crippen LogP contribution is 2.26. The van der Waals surface area contributed by atoms with Crippen LogP contribution in [-0.2, 0) is 0 Å². The minimum Gasteiger partial charge on any atom is -0.496 e. The maximum absolute atomic E-state index is 12.5. The summed E-state index contributed by atoms with van der Waals surface area (Å²) in [6.07, 6.45) is 0. The van der Waals surface area contributed by atoms with E-state index in [0.717, 1.165) is 11.3 Å². The molecule has 2 rings (SSSR count). The number of benzene rings is 1. The molecule has 112 valence electrons. The molecular weight excluding hydrogens is 282 g/mol. The molecule has 0 saturated heterocycles. The van der Waals surface area contributed by atoms with Gasteiger partial charge in [0.2, 0.25) is 0 Å². The Morgan fingerprint density at radius 3 is 2.62 bits per heavy atom. The first-order valence-corrected chi connectivity index (χ1v) is 7.89. The first kappa shape index (κ1) is 15.6. The smallest absolute Gasteiger partial charge is 0.251 e. The van der Waals surface area contributed by atoms with Gasteiger partial charge < -0.3 is 10.1 Å². The van der Waals surface area contributed by atoms with Crippen molar-refractivity contribution in [1.82, 2.24) is 5.32 Å². The van der Waals surface area contributed by atoms with Crippen LogP contribution in [0.5, 0.6) is 5.75 Å². The molecule has 1 amide bonds. The highest BCUT2D eigenvalue weighted by Gasteiger charge is 2.20. The Morgan fingerprint density at radius 2 is 2.05 bits per heavy atom. The van der Waals surface area contributed by atoms with Crippen molar-refractivity contribution in [3.8, 4) is 5.75 Å². The number of thiophene rings is 1. The average molecular weight is 303 g/mol. The number of nitrogens with one attached hydrogen (secondary N) is 1. The van der Waals surface area contributed by atoms with Crippen molar-refractivity contribution in [3.63, 3.8) is 0 Å². The molecule has 21 heavy (non-hydrogen) atoms. The zero-order valence-corrected chi connectivity index (χ0v) is 13.7. The molecule has 0 aliphatic heterocycles. The Kier molecular flexibility index (Phi) is 5.02. The zero-order valence-electron chi connectivity index (χ0n) is 12.8. The Balaban J connectivity index is 2.20. The lowest BCUT2D eigenvalue weighted by molar-refractivity contribution is 0.0926. The van der Waals surface area contributed by atoms with E-state index in [1.165, 1.54) is 4.88 Å². The molecule has 1 unspecified atom stereocenters. The van der Waals surface area contributed by atoms with Crippen LogP contribution in [0.25, 0.3) is 0 Å². The number of methoxy groups -OCH3 is 1. The van der Waals surface area contributed by atoms with Crippen LogP contribution >= 0.6 is 11.3 Å². The molecule has 0 aliphatic rings. The van der Waals surface area contributed by atoms with Gasteiger partial charge in [0.05, 0.1) is 13.2 Å². The fourth-order valence-corrected chi connectivity index (χ4v) is 3.17. The summed E-state index contributed by atoms with van der Waals surface area (Å²) in [5.41, 5.74) is 1.65. The molecule has 1 atom stereocenters. The second-order valence-corrected chi connectivity index (χ2v) is 6.37. The summed E-state index contributed by atoms with van der Waals surface area (Å²) in [6.45, 7) is 6.18. The van der Waals surface area contributed by atoms with Gasteiger partial charge in [0.15, 0.2) is 0 Å². The topological polar surface area (TPSA) is 38.3 Å². The van der Waals surface area contributed by atoms with Gasteiger partial charge >= 0.3 is 0 Å². The molecule has 0 spiro atoms. The predicted octanol–water partition coefficient (Wildman–Crippen LogP) is 4.19. The molecular formula is C17H21NO2S. The molecule has 1 aromatic heterocycles. The Bertz CT molecular complexity index is 605. The third-order valence-corrected chi connectivity index (χ3v) is 4.43. The van der Waals surface area contributed by atoms with E-state index in [1.807, 2.05) is 30.5 Å². The number of amides is 1. The number of rotatable bonds is 5. The molecule has 1 N–H and O–H groups in total. The van der Waals surface area contributed by atoms with Crippen molar-refractivity contribution >= 4 is 17.2 Å². The summed E-state index contributed by atoms with van der Waals surface area (Å²) in [5, 5.41) is 5.16. The van der Waals surface area contributed by atoms with E-state index in [1.54, 1.807) is 24.5 Å². The molecule has 0 fully saturated rings. The van der Waals surface area contributed by atoms with Crippen LogP contribution in [0.15, 0.2) is 35.7 Å². The molecule has 0 radical (unpaired) electrons. The van der Waals surface area contributed by atoms with Crippen LogP contribution < -0.4 is 10.1 Å². The molecule has 0 bridgehead atoms. The number of ether oxygens (including phenoxy) is 1. The SMILES string of the molecule is COc1cc(C(=O)NC(c2cccs2)C(C)C)ccc1C. The Labute approximate surface area is 130 Å². The normalized spacial score (nSPS) is 12.2. The first-order valence-electron chi connectivity index (χ1n) is 7.02. The summed E-state index contributed by atoms with van der Waals surface area (Å²) in [7, 11) is 1.62. The van der Waals surface area contributed by atoms with Crippen molar-refractivity contribution in [2.75, 3.05) is 7.11 Å². The molecule has 1 aromatic carbocycles. The summed E-state index contributed by atoms with van der Waals surface area (Å²) < 4.78 is 5.28. The largest absolute Gasteiger partial charge is 0.496 e. The molecule has 0 aliphatic carbocycles. The summed E-state index contributed by atoms with van der Waals surface area (Å²) in [6, 6.07) is 9.63. The van der Waals surface area contributed by atoms with Crippen molar-refractivity contribution in [1.29, 1.82) is 0 Å². The molecule has 0 saturated carbocycles. The fourth-order valence-electron chi connectivity index (χ4n) is 2.22. The number of carbonyl (C=O) groups excluding carboxylic acids is 1. The summed E-state index contributed by atoms with van der Waals surface area (Å²) in [5.74, 6) is 1.00. The number of carbonyl (C=O) groups is 1. The summed E-state index contributed by atoms with van der Waals surface area (Å²) in [4.78, 5) is 13.7. The maximum atomic E-state index is 12.5. The van der Waals surface area contributed by atoms with E-state index < -0.39 is 0 Å². The lowest BCUT2D eigenvalue weighted by Gasteiger charge is -2.21. The van der Waals surface area contributed by atoms with Gasteiger partial charge in [0.1, 0.15) is 5.75 Å². The minimum atomic E-state index is -0.0691. The molecule has 4 heteroatoms. The van der Waals surface area contributed by atoms with E-state index in [4.69, 9.17) is 4.74 Å². The minimum absolute atomic E-state index is 0.0322. The van der Waals surface area contributed by atoms with E-state index in [-0.39, 0.29) is 11.9 Å². The van der Waals surface area contributed by atoms with Crippen LogP contribution in [-0.4, -0.2) is 13.0 Å². The predicted molar refractivity (Wildman–Crippen MR) is 87.1 cm³/mol. The standard InChI is InChI=1S/C17H21NO2S/c1-11(2)16(15-6-5-9-21-15)18-17(19)13-8-7-12(3)14(10-13)20-4/h5-11,16H,1-4H3,(H,18,19). The van der Waals surface area contributed by atoms with Crippen molar-refractivity contribution in [3.05, 3.63) is 51.7 Å². The van der Waals surface area contributed by atoms with Crippen LogP contribution in [0.2, 0.25) is 0 Å². The number of hydrogen-bond acceptors (Lipinski definition) is 3. The zero-order chi connectivity index (χ0) is 15.4. The van der Waals surface area contributed by atoms with Crippen molar-refractivity contribution in [2.45, 2.75) is 26.8 Å². The number of aryl methyl sites for hydroxylation is 1. The van der Waals surface area contributed by atoms with Gasteiger partial charge in [-0.3, -0.25) is 4.79 Å². The molecule has 3 nitrogen and oxygen atoms in total. The van der Waals surface area contributed by atoms with E-state index in [0.29, 0.717) is 11.5 Å². The van der Waals surface area contributed by atoms with Gasteiger partial charge in [-0.2, -0.15) is 0 Å². The highest BCUT2D eigenvalue weighted by atomic mass is 32.1. The average Bonchev–Trinajstić information content (AvgIpc) is 2.98. The summed E-state index contributed by atoms with van der Waals surface area (Å²) >= 11 is 1.67. The first-order chi connectivity index (χ1) is 10.0. The van der Waals surface area contributed by atoms with Gasteiger partial charge in [0, 0.05) is 10.4 Å². The van der Waals surface area contributed by atoms with Crippen molar-refractivity contribution < 1.29 is 9.53 Å². The lowest BCUT2D eigenvalue weighted by Crippen LogP contribution is -2.31. The van der Waals surface area contributed by atoms with E-state index in [9.17, 15) is 4.79 Å². The van der Waals surface area contributed by atoms with Crippen molar-refractivity contribution in [2.24, 2.45) is 5.92 Å². The highest BCUT2D eigenvalue weighted by molar-refractivity contribution is 7.10. The lowest BCUT2D eigenvalue weighted by atomic mass is 10.0. The van der Waals surface area contributed by atoms with Gasteiger partial charge in [-0.25, -0.2) is 0 Å². The third-order valence-electron chi connectivity index (χ3n) is 3.47. The quantitative estimate of drug-likeness (QED) is 0.899. The number of hydrogen-bond donors (Lipinski definition) is 1. The van der Waals surface area contributed by atoms with Gasteiger partial charge in [-0.15, -0.1) is 11.3 Å². The Morgan fingerprint density at radius 1 is 1.29 bits per heavy atom. The van der Waals surface area contributed by atoms with Gasteiger partial charge in [-0.05, 0) is 42.0 Å². The second-order valence-electron chi connectivity index (χ2n) is 5.39. The van der Waals surface area contributed by atoms with E-state index in [2.05, 4.69) is 25.2 Å². The Hall–Kier alpha value is -1.81. The second kappa shape index (κ2) is 6.76. The fraction of sp³-hybridized carbons (Fsp3) is 0.353. The molecule has 2 aromatic rings. The third kappa shape index (κ3) is 3.64. The van der Waals surface area contributed by atoms with Crippen LogP contribution in [0.4, 0.5) is 0 Å². The maximum Gasteiger partial charge on any atom is 0.251 e. The van der Waals surface area contributed by atoms with Crippen LogP contribution in [0, 0.1) is 12.8 Å². The van der Waals surface area contributed by atoms with E-state index >= 15 is 0 Å². The monoisotopic (exact) mass is 303 g/mol. The molecule has 1 heterocycles. The van der Waals surface area contributed by atoms with Crippen LogP contribution in [0.1, 0.15) is 40.7 Å². The van der Waals surface area contributed by atoms with Crippen LogP contribution in [0.3, 0.4) is 0 Å². The van der Waals surface area contributed by atoms with Gasteiger partial charge in [0.25, 0.3) is 5.91 Å². The van der Waals surface area contributed by atoms with Gasteiger partial charge in [-0.1, -0.05) is 26.0 Å².